The van der Waals surface area contributed by atoms with Crippen LogP contribution in [-0.4, -0.2) is 56.5 Å². The molecular formula is C22H23BBrN3O2S2. The number of carbonyl (C=O) groups excluding carboxylic acids is 1. The Bertz CT molecular complexity index is 951. The highest BCUT2D eigenvalue weighted by atomic mass is 79.9. The van der Waals surface area contributed by atoms with Gasteiger partial charge in [-0.2, -0.15) is 0 Å². The van der Waals surface area contributed by atoms with Crippen LogP contribution in [0, 0.1) is 0 Å². The summed E-state index contributed by atoms with van der Waals surface area (Å²) < 4.78 is 10.2. The number of amides is 1. The summed E-state index contributed by atoms with van der Waals surface area (Å²) >= 11 is 6.84. The normalized spacial score (nSPS) is 19.0. The van der Waals surface area contributed by atoms with Crippen molar-refractivity contribution >= 4 is 64.8 Å². The molecule has 0 bridgehead atoms. The van der Waals surface area contributed by atoms with Gasteiger partial charge in [0.2, 0.25) is 0 Å². The highest BCUT2D eigenvalue weighted by molar-refractivity contribution is 9.14. The fourth-order valence-electron chi connectivity index (χ4n) is 3.60. The van der Waals surface area contributed by atoms with Gasteiger partial charge < -0.3 is 19.3 Å². The highest BCUT2D eigenvalue weighted by Crippen LogP contribution is 2.45. The molecular weight excluding hydrogens is 493 g/mol. The monoisotopic (exact) mass is 515 g/mol. The molecule has 1 amide bonds. The van der Waals surface area contributed by atoms with Crippen LogP contribution in [0.25, 0.3) is 0 Å². The molecule has 2 aliphatic heterocycles. The zero-order valence-corrected chi connectivity index (χ0v) is 20.4. The second-order valence-electron chi connectivity index (χ2n) is 7.30. The molecule has 5 nitrogen and oxygen atoms in total. The van der Waals surface area contributed by atoms with Crippen molar-refractivity contribution in [1.29, 1.82) is 0 Å². The zero-order valence-electron chi connectivity index (χ0n) is 17.2. The first kappa shape index (κ1) is 22.5. The van der Waals surface area contributed by atoms with Gasteiger partial charge in [-0.05, 0) is 70.7 Å². The lowest BCUT2D eigenvalue weighted by Crippen LogP contribution is -2.48. The van der Waals surface area contributed by atoms with E-state index in [1.54, 1.807) is 30.8 Å². The van der Waals surface area contributed by atoms with E-state index in [1.165, 1.54) is 0 Å². The first-order valence-corrected chi connectivity index (χ1v) is 12.6. The van der Waals surface area contributed by atoms with E-state index in [0.29, 0.717) is 23.2 Å². The Balaban J connectivity index is 1.29. The van der Waals surface area contributed by atoms with Crippen molar-refractivity contribution in [3.8, 4) is 5.75 Å². The van der Waals surface area contributed by atoms with Crippen LogP contribution in [-0.2, 0) is 0 Å². The van der Waals surface area contributed by atoms with E-state index in [1.807, 2.05) is 47.4 Å². The number of thioether (sulfide) groups is 1. The molecule has 2 heterocycles. The summed E-state index contributed by atoms with van der Waals surface area (Å²) in [4.78, 5) is 17.1. The van der Waals surface area contributed by atoms with Crippen LogP contribution in [0.1, 0.15) is 16.8 Å². The van der Waals surface area contributed by atoms with Crippen molar-refractivity contribution in [2.45, 2.75) is 11.0 Å². The van der Waals surface area contributed by atoms with Crippen molar-refractivity contribution in [3.05, 3.63) is 63.4 Å². The number of ether oxygens (including phenoxy) is 1. The summed E-state index contributed by atoms with van der Waals surface area (Å²) in [5.41, 5.74) is 3.67. The maximum atomic E-state index is 12.9. The van der Waals surface area contributed by atoms with E-state index < -0.39 is 0 Å². The molecule has 0 saturated carbocycles. The molecule has 2 radical (unpaired) electrons. The number of piperazine rings is 1. The lowest BCUT2D eigenvalue weighted by molar-refractivity contribution is 0.0746. The van der Waals surface area contributed by atoms with Gasteiger partial charge in [0.25, 0.3) is 5.91 Å². The Labute approximate surface area is 201 Å². The minimum Gasteiger partial charge on any atom is -0.495 e. The number of anilines is 2. The van der Waals surface area contributed by atoms with Gasteiger partial charge in [-0.25, -0.2) is 0 Å². The van der Waals surface area contributed by atoms with Gasteiger partial charge in [-0.3, -0.25) is 4.79 Å². The first-order valence-electron chi connectivity index (χ1n) is 10.0. The minimum atomic E-state index is 0.0751. The van der Waals surface area contributed by atoms with E-state index in [4.69, 9.17) is 12.6 Å². The number of methoxy groups -OCH3 is 1. The largest absolute Gasteiger partial charge is 0.495 e. The number of para-hydroxylation sites is 2. The fourth-order valence-corrected chi connectivity index (χ4v) is 6.83. The van der Waals surface area contributed by atoms with Crippen molar-refractivity contribution < 1.29 is 9.53 Å². The molecule has 2 aromatic rings. The third kappa shape index (κ3) is 5.38. The number of halogens is 1. The maximum absolute atomic E-state index is 12.9. The number of benzene rings is 2. The first-order chi connectivity index (χ1) is 15.0. The molecule has 31 heavy (non-hydrogen) atoms. The van der Waals surface area contributed by atoms with E-state index in [0.717, 1.165) is 45.9 Å². The van der Waals surface area contributed by atoms with E-state index >= 15 is 0 Å². The molecule has 1 fully saturated rings. The lowest BCUT2D eigenvalue weighted by Gasteiger charge is -2.36. The number of rotatable bonds is 6. The second-order valence-corrected chi connectivity index (χ2v) is 11.1. The summed E-state index contributed by atoms with van der Waals surface area (Å²) in [6.45, 7) is 2.95. The van der Waals surface area contributed by atoms with Crippen LogP contribution >= 0.6 is 39.6 Å². The molecule has 2 aliphatic rings. The second kappa shape index (κ2) is 10.3. The third-order valence-electron chi connectivity index (χ3n) is 5.31. The topological polar surface area (TPSA) is 44.8 Å². The average molecular weight is 516 g/mol. The summed E-state index contributed by atoms with van der Waals surface area (Å²) in [6.07, 6.45) is 0.848. The molecule has 0 aromatic heterocycles. The standard InChI is InChI=1S/C22H23BBrN3O2S2/c1-29-19-5-3-2-4-18(19)26-10-12-27(13-11-26)22(28)15-6-8-16(9-7-15)25-31-20-14-17(23)21(24)30-20/h2-9,20,25H,10-14H2,1H3. The van der Waals surface area contributed by atoms with Gasteiger partial charge in [0, 0.05) is 41.2 Å². The van der Waals surface area contributed by atoms with E-state index in [-0.39, 0.29) is 5.91 Å². The predicted octanol–water partition coefficient (Wildman–Crippen LogP) is 4.91. The summed E-state index contributed by atoms with van der Waals surface area (Å²) in [5, 5.41) is 0. The number of carbonyl (C=O) groups is 1. The average Bonchev–Trinajstić information content (AvgIpc) is 3.14. The molecule has 1 saturated heterocycles. The Hall–Kier alpha value is -1.71. The number of nitrogens with zero attached hydrogens (tertiary/aromatic N) is 2. The van der Waals surface area contributed by atoms with Crippen molar-refractivity contribution in [2.75, 3.05) is 42.9 Å². The molecule has 1 unspecified atom stereocenters. The van der Waals surface area contributed by atoms with Crippen molar-refractivity contribution in [1.82, 2.24) is 4.90 Å². The molecule has 160 valence electrons. The van der Waals surface area contributed by atoms with Gasteiger partial charge >= 0.3 is 0 Å². The van der Waals surface area contributed by atoms with Crippen LogP contribution < -0.4 is 14.4 Å². The Morgan fingerprint density at radius 2 is 1.87 bits per heavy atom. The van der Waals surface area contributed by atoms with Gasteiger partial charge in [0.15, 0.2) is 0 Å². The van der Waals surface area contributed by atoms with E-state index in [2.05, 4.69) is 31.6 Å². The number of allylic oxidation sites excluding steroid dienone is 1. The van der Waals surface area contributed by atoms with E-state index in [9.17, 15) is 4.79 Å². The summed E-state index contributed by atoms with van der Waals surface area (Å²) in [7, 11) is 7.63. The molecule has 1 N–H and O–H groups in total. The third-order valence-corrected chi connectivity index (χ3v) is 8.64. The number of hydrogen-bond acceptors (Lipinski definition) is 6. The Kier molecular flexibility index (Phi) is 7.45. The zero-order chi connectivity index (χ0) is 21.8. The van der Waals surface area contributed by atoms with Crippen molar-refractivity contribution in [3.63, 3.8) is 0 Å². The van der Waals surface area contributed by atoms with Crippen LogP contribution in [0.2, 0.25) is 0 Å². The maximum Gasteiger partial charge on any atom is 0.253 e. The Morgan fingerprint density at radius 3 is 2.52 bits per heavy atom. The molecule has 1 atom stereocenters. The Morgan fingerprint density at radius 1 is 1.16 bits per heavy atom. The van der Waals surface area contributed by atoms with Gasteiger partial charge in [0.1, 0.15) is 13.6 Å². The number of hydrogen-bond donors (Lipinski definition) is 1. The molecule has 0 aliphatic carbocycles. The predicted molar refractivity (Wildman–Crippen MR) is 136 cm³/mol. The molecule has 2 aromatic carbocycles. The lowest BCUT2D eigenvalue weighted by atomic mass is 9.96. The molecule has 0 spiro atoms. The smallest absolute Gasteiger partial charge is 0.253 e. The van der Waals surface area contributed by atoms with Gasteiger partial charge in [-0.1, -0.05) is 17.6 Å². The summed E-state index contributed by atoms with van der Waals surface area (Å²) in [5.74, 6) is 0.941. The fraction of sp³-hybridized carbons (Fsp3) is 0.318. The van der Waals surface area contributed by atoms with Gasteiger partial charge in [0.05, 0.1) is 17.4 Å². The molecule has 4 rings (SSSR count). The van der Waals surface area contributed by atoms with Crippen molar-refractivity contribution in [2.24, 2.45) is 0 Å². The number of nitrogens with one attached hydrogen (secondary N) is 1. The highest BCUT2D eigenvalue weighted by Gasteiger charge is 2.24. The minimum absolute atomic E-state index is 0.0751. The van der Waals surface area contributed by atoms with Gasteiger partial charge in [-0.15, -0.1) is 11.8 Å². The van der Waals surface area contributed by atoms with Crippen LogP contribution in [0.5, 0.6) is 5.75 Å². The molecule has 9 heteroatoms. The van der Waals surface area contributed by atoms with Crippen LogP contribution in [0.3, 0.4) is 0 Å². The van der Waals surface area contributed by atoms with Crippen LogP contribution in [0.4, 0.5) is 11.4 Å². The quantitative estimate of drug-likeness (QED) is 0.435. The van der Waals surface area contributed by atoms with Crippen LogP contribution in [0.15, 0.2) is 57.8 Å². The SMILES string of the molecule is [B]C1=C(Br)SC(SNc2ccc(C(=O)N3CCN(c4ccccc4OC)CC3)cc2)C1. The summed E-state index contributed by atoms with van der Waals surface area (Å²) in [6, 6.07) is 15.7.